The van der Waals surface area contributed by atoms with Gasteiger partial charge in [-0.15, -0.1) is 0 Å². The van der Waals surface area contributed by atoms with E-state index in [-0.39, 0.29) is 29.6 Å². The van der Waals surface area contributed by atoms with E-state index >= 15 is 0 Å². The Kier molecular flexibility index (Phi) is 4.01. The van der Waals surface area contributed by atoms with Gasteiger partial charge in [0.05, 0.1) is 5.56 Å². The predicted molar refractivity (Wildman–Crippen MR) is 56.5 cm³/mol. The molecule has 0 aliphatic carbocycles. The molecule has 3 nitrogen and oxygen atoms in total. The van der Waals surface area contributed by atoms with Crippen LogP contribution in [0.25, 0.3) is 0 Å². The summed E-state index contributed by atoms with van der Waals surface area (Å²) >= 11 is 0. The maximum absolute atomic E-state index is 13.1. The van der Waals surface area contributed by atoms with E-state index in [2.05, 4.69) is 0 Å². The molecule has 0 unspecified atom stereocenters. The second kappa shape index (κ2) is 5.26. The van der Waals surface area contributed by atoms with Gasteiger partial charge in [0.2, 0.25) is 0 Å². The van der Waals surface area contributed by atoms with Gasteiger partial charge in [-0.25, -0.2) is 4.39 Å². The zero-order chi connectivity index (χ0) is 12.1. The third-order valence-corrected chi connectivity index (χ3v) is 2.09. The lowest BCUT2D eigenvalue weighted by atomic mass is 10.1. The van der Waals surface area contributed by atoms with E-state index in [0.717, 1.165) is 6.07 Å². The van der Waals surface area contributed by atoms with Crippen molar-refractivity contribution in [1.82, 2.24) is 0 Å². The fourth-order valence-electron chi connectivity index (χ4n) is 0.997. The summed E-state index contributed by atoms with van der Waals surface area (Å²) in [6, 6.07) is 5.60. The summed E-state index contributed by atoms with van der Waals surface area (Å²) in [6.07, 6.45) is 0. The van der Waals surface area contributed by atoms with Crippen molar-refractivity contribution in [3.63, 3.8) is 0 Å². The SMILES string of the molecule is CC(C)C(=O)COc1ccc(C#N)c(F)c1. The molecule has 0 bridgehead atoms. The van der Waals surface area contributed by atoms with Crippen LogP contribution in [0.5, 0.6) is 5.75 Å². The third kappa shape index (κ3) is 3.06. The van der Waals surface area contributed by atoms with Crippen molar-refractivity contribution in [2.24, 2.45) is 5.92 Å². The molecular formula is C12H12FNO2. The number of carbonyl (C=O) groups is 1. The predicted octanol–water partition coefficient (Wildman–Crippen LogP) is 2.30. The number of halogens is 1. The van der Waals surface area contributed by atoms with E-state index in [4.69, 9.17) is 10.00 Å². The first-order valence-corrected chi connectivity index (χ1v) is 4.89. The molecule has 0 aromatic heterocycles. The average Bonchev–Trinajstić information content (AvgIpc) is 2.25. The number of hydrogen-bond donors (Lipinski definition) is 0. The van der Waals surface area contributed by atoms with Gasteiger partial charge in [0.15, 0.2) is 5.78 Å². The molecule has 0 aliphatic rings. The van der Waals surface area contributed by atoms with Gasteiger partial charge < -0.3 is 4.74 Å². The molecule has 1 rings (SSSR count). The van der Waals surface area contributed by atoms with Crippen LogP contribution in [0.15, 0.2) is 18.2 Å². The van der Waals surface area contributed by atoms with Gasteiger partial charge in [-0.05, 0) is 12.1 Å². The number of carbonyl (C=O) groups excluding carboxylic acids is 1. The van der Waals surface area contributed by atoms with Crippen molar-refractivity contribution >= 4 is 5.78 Å². The van der Waals surface area contributed by atoms with Crippen LogP contribution in [0, 0.1) is 23.1 Å². The van der Waals surface area contributed by atoms with E-state index in [0.29, 0.717) is 0 Å². The zero-order valence-corrected chi connectivity index (χ0v) is 9.16. The summed E-state index contributed by atoms with van der Waals surface area (Å²) in [7, 11) is 0. The fraction of sp³-hybridized carbons (Fsp3) is 0.333. The second-order valence-electron chi connectivity index (χ2n) is 3.66. The number of nitrogens with zero attached hydrogens (tertiary/aromatic N) is 1. The van der Waals surface area contributed by atoms with Gasteiger partial charge in [-0.2, -0.15) is 5.26 Å². The summed E-state index contributed by atoms with van der Waals surface area (Å²) in [5, 5.41) is 8.52. The summed E-state index contributed by atoms with van der Waals surface area (Å²) in [6.45, 7) is 3.46. The van der Waals surface area contributed by atoms with Crippen LogP contribution in [-0.2, 0) is 4.79 Å². The zero-order valence-electron chi connectivity index (χ0n) is 9.16. The smallest absolute Gasteiger partial charge is 0.172 e. The highest BCUT2D eigenvalue weighted by Crippen LogP contribution is 2.16. The third-order valence-electron chi connectivity index (χ3n) is 2.09. The lowest BCUT2D eigenvalue weighted by molar-refractivity contribution is -0.123. The maximum Gasteiger partial charge on any atom is 0.172 e. The van der Waals surface area contributed by atoms with Gasteiger partial charge in [-0.3, -0.25) is 4.79 Å². The molecule has 16 heavy (non-hydrogen) atoms. The van der Waals surface area contributed by atoms with Crippen molar-refractivity contribution in [3.8, 4) is 11.8 Å². The van der Waals surface area contributed by atoms with Crippen LogP contribution in [0.3, 0.4) is 0 Å². The van der Waals surface area contributed by atoms with Gasteiger partial charge >= 0.3 is 0 Å². The summed E-state index contributed by atoms with van der Waals surface area (Å²) in [5.41, 5.74) is -0.0393. The minimum Gasteiger partial charge on any atom is -0.486 e. The number of hydrogen-bond acceptors (Lipinski definition) is 3. The standard InChI is InChI=1S/C12H12FNO2/c1-8(2)12(15)7-16-10-4-3-9(6-14)11(13)5-10/h3-5,8H,7H2,1-2H3. The lowest BCUT2D eigenvalue weighted by Gasteiger charge is -2.07. The van der Waals surface area contributed by atoms with Gasteiger partial charge in [0.1, 0.15) is 24.2 Å². The van der Waals surface area contributed by atoms with Gasteiger partial charge in [-0.1, -0.05) is 13.8 Å². The molecule has 84 valence electrons. The van der Waals surface area contributed by atoms with Crippen molar-refractivity contribution < 1.29 is 13.9 Å². The molecule has 1 aromatic rings. The lowest BCUT2D eigenvalue weighted by Crippen LogP contribution is -2.16. The largest absolute Gasteiger partial charge is 0.486 e. The van der Waals surface area contributed by atoms with Gasteiger partial charge in [0, 0.05) is 12.0 Å². The quantitative estimate of drug-likeness (QED) is 0.783. The number of ketones is 1. The average molecular weight is 221 g/mol. The molecule has 4 heteroatoms. The Morgan fingerprint density at radius 1 is 1.56 bits per heavy atom. The van der Waals surface area contributed by atoms with Crippen molar-refractivity contribution in [2.75, 3.05) is 6.61 Å². The Morgan fingerprint density at radius 3 is 2.75 bits per heavy atom. The molecule has 0 atom stereocenters. The molecule has 0 saturated heterocycles. The number of nitriles is 1. The molecular weight excluding hydrogens is 209 g/mol. The Balaban J connectivity index is 2.66. The summed E-state index contributed by atoms with van der Waals surface area (Å²) < 4.78 is 18.3. The molecule has 0 fully saturated rings. The number of Topliss-reactive ketones (excluding diaryl/α,β-unsaturated/α-hetero) is 1. The van der Waals surface area contributed by atoms with Crippen LogP contribution in [0.4, 0.5) is 4.39 Å². The number of benzene rings is 1. The first kappa shape index (κ1) is 12.2. The molecule has 0 saturated carbocycles. The molecule has 0 N–H and O–H groups in total. The Hall–Kier alpha value is -1.89. The number of rotatable bonds is 4. The van der Waals surface area contributed by atoms with Crippen LogP contribution in [-0.4, -0.2) is 12.4 Å². The Morgan fingerprint density at radius 2 is 2.25 bits per heavy atom. The Labute approximate surface area is 93.5 Å². The molecule has 1 aromatic carbocycles. The minimum atomic E-state index is -0.642. The fourth-order valence-corrected chi connectivity index (χ4v) is 0.997. The molecule has 0 heterocycles. The maximum atomic E-state index is 13.1. The van der Waals surface area contributed by atoms with Crippen LogP contribution >= 0.6 is 0 Å². The van der Waals surface area contributed by atoms with E-state index in [9.17, 15) is 9.18 Å². The van der Waals surface area contributed by atoms with Crippen molar-refractivity contribution in [3.05, 3.63) is 29.6 Å². The van der Waals surface area contributed by atoms with E-state index in [1.54, 1.807) is 19.9 Å². The first-order chi connectivity index (χ1) is 7.54. The molecule has 0 spiro atoms. The highest BCUT2D eigenvalue weighted by Gasteiger charge is 2.09. The van der Waals surface area contributed by atoms with E-state index < -0.39 is 5.82 Å². The molecule has 0 amide bonds. The normalized spacial score (nSPS) is 9.94. The summed E-state index contributed by atoms with van der Waals surface area (Å²) in [4.78, 5) is 11.3. The monoisotopic (exact) mass is 221 g/mol. The highest BCUT2D eigenvalue weighted by molar-refractivity contribution is 5.81. The minimum absolute atomic E-state index is 0.0393. The van der Waals surface area contributed by atoms with Gasteiger partial charge in [0.25, 0.3) is 0 Å². The van der Waals surface area contributed by atoms with Crippen LogP contribution in [0.1, 0.15) is 19.4 Å². The summed E-state index contributed by atoms with van der Waals surface area (Å²) in [5.74, 6) is -0.546. The van der Waals surface area contributed by atoms with Crippen molar-refractivity contribution in [1.29, 1.82) is 5.26 Å². The molecule has 0 aliphatic heterocycles. The van der Waals surface area contributed by atoms with Crippen LogP contribution < -0.4 is 4.74 Å². The van der Waals surface area contributed by atoms with Crippen LogP contribution in [0.2, 0.25) is 0 Å². The Bertz CT molecular complexity index is 435. The number of ether oxygens (including phenoxy) is 1. The first-order valence-electron chi connectivity index (χ1n) is 4.89. The topological polar surface area (TPSA) is 50.1 Å². The molecule has 0 radical (unpaired) electrons. The highest BCUT2D eigenvalue weighted by atomic mass is 19.1. The van der Waals surface area contributed by atoms with E-state index in [1.807, 2.05) is 0 Å². The second-order valence-corrected chi connectivity index (χ2v) is 3.66. The van der Waals surface area contributed by atoms with E-state index in [1.165, 1.54) is 12.1 Å². The van der Waals surface area contributed by atoms with Crippen molar-refractivity contribution in [2.45, 2.75) is 13.8 Å².